The smallest absolute Gasteiger partial charge is 0.388 e. The van der Waals surface area contributed by atoms with Crippen LogP contribution in [-0.2, 0) is 4.74 Å². The summed E-state index contributed by atoms with van der Waals surface area (Å²) in [6, 6.07) is 0. The molecule has 0 N–H and O–H groups in total. The second-order valence-corrected chi connectivity index (χ2v) is 1.70. The Hall–Kier alpha value is -1.26. The fourth-order valence-corrected chi connectivity index (χ4v) is 0.455. The number of aliphatic imine (C=N–C) groups is 1. The summed E-state index contributed by atoms with van der Waals surface area (Å²) < 4.78 is 38.3. The van der Waals surface area contributed by atoms with Crippen molar-refractivity contribution in [3.8, 4) is 0 Å². The van der Waals surface area contributed by atoms with Crippen molar-refractivity contribution in [2.24, 2.45) is 4.99 Å². The normalized spacial score (nSPS) is 13.5. The highest BCUT2D eigenvalue weighted by molar-refractivity contribution is 5.88. The molecule has 0 aromatic heterocycles. The van der Waals surface area contributed by atoms with Gasteiger partial charge in [0.25, 0.3) is 0 Å². The minimum atomic E-state index is -4.71. The summed E-state index contributed by atoms with van der Waals surface area (Å²) in [7, 11) is 0. The van der Waals surface area contributed by atoms with E-state index in [-0.39, 0.29) is 0 Å². The van der Waals surface area contributed by atoms with Gasteiger partial charge in [-0.05, 0) is 13.0 Å². The van der Waals surface area contributed by atoms with Crippen molar-refractivity contribution in [1.82, 2.24) is 0 Å². The zero-order valence-corrected chi connectivity index (χ0v) is 6.43. The van der Waals surface area contributed by atoms with Gasteiger partial charge >= 0.3 is 6.36 Å². The number of hydrogen-bond donors (Lipinski definition) is 0. The van der Waals surface area contributed by atoms with Crippen LogP contribution >= 0.6 is 0 Å². The molecule has 5 heteroatoms. The Bertz CT molecular complexity index is 205. The standard InChI is InChI=1S/C7H8F3NO/c1-3-5-6(11-4-2)12-7(8,9)10/h3-5H,2H2,1H3/b5-3-,11-6?. The third-order valence-electron chi connectivity index (χ3n) is 0.748. The molecule has 0 saturated carbocycles. The number of ether oxygens (including phenoxy) is 1. The molecule has 0 fully saturated rings. The van der Waals surface area contributed by atoms with Gasteiger partial charge in [0, 0.05) is 6.20 Å². The average molecular weight is 179 g/mol. The molecule has 68 valence electrons. The molecular weight excluding hydrogens is 171 g/mol. The number of alkyl halides is 3. The quantitative estimate of drug-likeness (QED) is 0.471. The Kier molecular flexibility index (Phi) is 4.10. The van der Waals surface area contributed by atoms with Gasteiger partial charge in [-0.1, -0.05) is 12.7 Å². The van der Waals surface area contributed by atoms with E-state index in [1.165, 1.54) is 6.08 Å². The highest BCUT2D eigenvalue weighted by Crippen LogP contribution is 2.17. The van der Waals surface area contributed by atoms with Gasteiger partial charge in [0.2, 0.25) is 5.90 Å². The van der Waals surface area contributed by atoms with Crippen molar-refractivity contribution >= 4 is 5.90 Å². The van der Waals surface area contributed by atoms with Gasteiger partial charge in [-0.25, -0.2) is 4.99 Å². The summed E-state index contributed by atoms with van der Waals surface area (Å²) in [6.45, 7) is 4.70. The SMILES string of the molecule is C=CN=C(/C=C\C)OC(F)(F)F. The first kappa shape index (κ1) is 10.7. The zero-order valence-electron chi connectivity index (χ0n) is 6.43. The van der Waals surface area contributed by atoms with Crippen LogP contribution in [0.15, 0.2) is 29.9 Å². The maximum absolute atomic E-state index is 11.6. The lowest BCUT2D eigenvalue weighted by molar-refractivity contribution is -0.282. The first-order valence-electron chi connectivity index (χ1n) is 3.06. The average Bonchev–Trinajstić information content (AvgIpc) is 1.84. The summed E-state index contributed by atoms with van der Waals surface area (Å²) in [6.07, 6.45) is -1.26. The first-order valence-corrected chi connectivity index (χ1v) is 3.06. The molecule has 0 heterocycles. The van der Waals surface area contributed by atoms with Gasteiger partial charge < -0.3 is 4.74 Å². The van der Waals surface area contributed by atoms with Gasteiger partial charge in [-0.2, -0.15) is 0 Å². The Balaban J connectivity index is 4.34. The topological polar surface area (TPSA) is 21.6 Å². The van der Waals surface area contributed by atoms with Crippen molar-refractivity contribution in [2.75, 3.05) is 0 Å². The molecule has 0 rings (SSSR count). The van der Waals surface area contributed by atoms with E-state index in [2.05, 4.69) is 16.3 Å². The third kappa shape index (κ3) is 5.52. The maximum atomic E-state index is 11.6. The summed E-state index contributed by atoms with van der Waals surface area (Å²) in [5, 5.41) is 0. The molecule has 2 nitrogen and oxygen atoms in total. The number of halogens is 3. The van der Waals surface area contributed by atoms with Crippen LogP contribution in [0.1, 0.15) is 6.92 Å². The molecule has 0 unspecified atom stereocenters. The summed E-state index contributed by atoms with van der Waals surface area (Å²) in [4.78, 5) is 3.25. The van der Waals surface area contributed by atoms with Crippen LogP contribution in [0.2, 0.25) is 0 Å². The molecule has 0 amide bonds. The van der Waals surface area contributed by atoms with Gasteiger partial charge in [-0.3, -0.25) is 0 Å². The Morgan fingerprint density at radius 2 is 2.08 bits per heavy atom. The van der Waals surface area contributed by atoms with E-state index in [9.17, 15) is 13.2 Å². The molecule has 0 aromatic rings. The van der Waals surface area contributed by atoms with Crippen LogP contribution in [0.5, 0.6) is 0 Å². The van der Waals surface area contributed by atoms with Gasteiger partial charge in [-0.15, -0.1) is 13.2 Å². The van der Waals surface area contributed by atoms with E-state index in [1.54, 1.807) is 6.92 Å². The van der Waals surface area contributed by atoms with Gasteiger partial charge in [0.15, 0.2) is 0 Å². The van der Waals surface area contributed by atoms with Crippen LogP contribution in [0, 0.1) is 0 Å². The second-order valence-electron chi connectivity index (χ2n) is 1.70. The molecule has 0 aliphatic heterocycles. The molecule has 12 heavy (non-hydrogen) atoms. The second kappa shape index (κ2) is 4.58. The van der Waals surface area contributed by atoms with Crippen LogP contribution in [0.4, 0.5) is 13.2 Å². The summed E-state index contributed by atoms with van der Waals surface area (Å²) in [5.74, 6) is -0.528. The van der Waals surface area contributed by atoms with E-state index < -0.39 is 12.3 Å². The Morgan fingerprint density at radius 1 is 1.50 bits per heavy atom. The number of hydrogen-bond acceptors (Lipinski definition) is 2. The lowest BCUT2D eigenvalue weighted by Gasteiger charge is -2.06. The van der Waals surface area contributed by atoms with Crippen LogP contribution in [-0.4, -0.2) is 12.3 Å². The molecule has 0 aliphatic rings. The molecule has 0 bridgehead atoms. The van der Waals surface area contributed by atoms with Crippen LogP contribution < -0.4 is 0 Å². The first-order chi connectivity index (χ1) is 5.49. The number of allylic oxidation sites excluding steroid dienone is 1. The fraction of sp³-hybridized carbons (Fsp3) is 0.286. The van der Waals surface area contributed by atoms with Crippen LogP contribution in [0.25, 0.3) is 0 Å². The van der Waals surface area contributed by atoms with E-state index >= 15 is 0 Å². The van der Waals surface area contributed by atoms with E-state index in [0.29, 0.717) is 0 Å². The molecule has 0 aliphatic carbocycles. The minimum absolute atomic E-state index is 0.528. The van der Waals surface area contributed by atoms with Gasteiger partial charge in [0.1, 0.15) is 0 Å². The van der Waals surface area contributed by atoms with Gasteiger partial charge in [0.05, 0.1) is 0 Å². The number of nitrogens with zero attached hydrogens (tertiary/aromatic N) is 1. The lowest BCUT2D eigenvalue weighted by atomic mass is 10.5. The van der Waals surface area contributed by atoms with Crippen molar-refractivity contribution in [3.63, 3.8) is 0 Å². The van der Waals surface area contributed by atoms with Crippen molar-refractivity contribution in [3.05, 3.63) is 24.9 Å². The zero-order chi connectivity index (χ0) is 9.61. The molecule has 0 spiro atoms. The summed E-state index contributed by atoms with van der Waals surface area (Å²) in [5.41, 5.74) is 0. The third-order valence-corrected chi connectivity index (χ3v) is 0.748. The highest BCUT2D eigenvalue weighted by atomic mass is 19.4. The Labute approximate surface area is 68.1 Å². The predicted octanol–water partition coefficient (Wildman–Crippen LogP) is 2.64. The summed E-state index contributed by atoms with van der Waals surface area (Å²) >= 11 is 0. The highest BCUT2D eigenvalue weighted by Gasteiger charge is 2.31. The largest absolute Gasteiger partial charge is 0.574 e. The molecule has 0 atom stereocenters. The van der Waals surface area contributed by atoms with E-state index in [1.807, 2.05) is 0 Å². The van der Waals surface area contributed by atoms with Crippen LogP contribution in [0.3, 0.4) is 0 Å². The molecule has 0 aromatic carbocycles. The fourth-order valence-electron chi connectivity index (χ4n) is 0.455. The van der Waals surface area contributed by atoms with Crippen molar-refractivity contribution in [1.29, 1.82) is 0 Å². The van der Waals surface area contributed by atoms with Crippen molar-refractivity contribution in [2.45, 2.75) is 13.3 Å². The lowest BCUT2D eigenvalue weighted by Crippen LogP contribution is -2.17. The monoisotopic (exact) mass is 179 g/mol. The Morgan fingerprint density at radius 3 is 2.42 bits per heavy atom. The minimum Gasteiger partial charge on any atom is -0.388 e. The van der Waals surface area contributed by atoms with E-state index in [4.69, 9.17) is 0 Å². The molecule has 0 saturated heterocycles. The van der Waals surface area contributed by atoms with Crippen molar-refractivity contribution < 1.29 is 17.9 Å². The number of rotatable bonds is 2. The molecular formula is C7H8F3NO. The maximum Gasteiger partial charge on any atom is 0.574 e. The van der Waals surface area contributed by atoms with E-state index in [0.717, 1.165) is 12.3 Å². The molecule has 0 radical (unpaired) electrons. The predicted molar refractivity (Wildman–Crippen MR) is 39.6 cm³/mol.